The van der Waals surface area contributed by atoms with Crippen LogP contribution < -0.4 is 5.32 Å². The summed E-state index contributed by atoms with van der Waals surface area (Å²) in [5, 5.41) is 14.2. The number of aromatic nitrogens is 2. The third-order valence-electron chi connectivity index (χ3n) is 5.77. The molecular formula is C26H28FN5O. The van der Waals surface area contributed by atoms with Gasteiger partial charge in [0.25, 0.3) is 0 Å². The van der Waals surface area contributed by atoms with E-state index in [1.165, 1.54) is 23.2 Å². The van der Waals surface area contributed by atoms with Crippen molar-refractivity contribution in [3.05, 3.63) is 96.1 Å². The van der Waals surface area contributed by atoms with Crippen LogP contribution in [-0.4, -0.2) is 39.0 Å². The zero-order chi connectivity index (χ0) is 23.4. The van der Waals surface area contributed by atoms with E-state index in [0.29, 0.717) is 29.3 Å². The first-order valence-electron chi connectivity index (χ1n) is 11.0. The Labute approximate surface area is 192 Å². The van der Waals surface area contributed by atoms with Gasteiger partial charge in [0.05, 0.1) is 24.2 Å². The van der Waals surface area contributed by atoms with E-state index in [1.54, 1.807) is 6.20 Å². The summed E-state index contributed by atoms with van der Waals surface area (Å²) in [6.45, 7) is 8.65. The lowest BCUT2D eigenvalue weighted by Crippen LogP contribution is -2.38. The van der Waals surface area contributed by atoms with Crippen LogP contribution in [0.5, 0.6) is 0 Å². The second-order valence-electron chi connectivity index (χ2n) is 8.01. The number of aromatic amines is 1. The topological polar surface area (TPSA) is 76.5 Å². The van der Waals surface area contributed by atoms with Gasteiger partial charge in [-0.1, -0.05) is 37.8 Å². The molecule has 6 nitrogen and oxygen atoms in total. The molecule has 3 N–H and O–H groups in total. The number of hydrogen-bond acceptors (Lipinski definition) is 4. The fraction of sp³-hybridized carbons (Fsp3) is 0.231. The first kappa shape index (κ1) is 22.5. The maximum atomic E-state index is 13.9. The molecule has 7 heteroatoms. The van der Waals surface area contributed by atoms with E-state index in [4.69, 9.17) is 4.99 Å². The largest absolute Gasteiger partial charge is 0.396 e. The summed E-state index contributed by atoms with van der Waals surface area (Å²) >= 11 is 0. The smallest absolute Gasteiger partial charge is 0.149 e. The number of hydrogen-bond donors (Lipinski definition) is 3. The predicted molar refractivity (Wildman–Crippen MR) is 131 cm³/mol. The summed E-state index contributed by atoms with van der Waals surface area (Å²) in [6.07, 6.45) is 9.34. The van der Waals surface area contributed by atoms with Crippen LogP contribution in [0.25, 0.3) is 16.6 Å². The molecule has 170 valence electrons. The Morgan fingerprint density at radius 2 is 2.15 bits per heavy atom. The Morgan fingerprint density at radius 1 is 1.33 bits per heavy atom. The lowest BCUT2D eigenvalue weighted by atomic mass is 10.0. The van der Waals surface area contributed by atoms with Crippen LogP contribution in [0.3, 0.4) is 0 Å². The van der Waals surface area contributed by atoms with E-state index in [2.05, 4.69) is 34.0 Å². The van der Waals surface area contributed by atoms with Crippen molar-refractivity contribution in [2.45, 2.75) is 20.3 Å². The third-order valence-corrected chi connectivity index (χ3v) is 5.77. The minimum atomic E-state index is -0.418. The zero-order valence-electron chi connectivity index (χ0n) is 18.8. The van der Waals surface area contributed by atoms with Crippen LogP contribution in [0.1, 0.15) is 25.0 Å². The van der Waals surface area contributed by atoms with Gasteiger partial charge in [-0.3, -0.25) is 9.98 Å². The van der Waals surface area contributed by atoms with Gasteiger partial charge in [-0.15, -0.1) is 0 Å². The molecule has 0 saturated carbocycles. The van der Waals surface area contributed by atoms with Gasteiger partial charge in [0.1, 0.15) is 11.7 Å². The van der Waals surface area contributed by atoms with Crippen LogP contribution in [0.4, 0.5) is 4.39 Å². The van der Waals surface area contributed by atoms with Crippen molar-refractivity contribution in [1.82, 2.24) is 20.2 Å². The van der Waals surface area contributed by atoms with Crippen molar-refractivity contribution < 1.29 is 9.50 Å². The lowest BCUT2D eigenvalue weighted by molar-refractivity contribution is 0.241. The Bertz CT molecular complexity index is 1260. The number of halogens is 1. The molecule has 3 aromatic rings. The Balaban J connectivity index is 1.64. The summed E-state index contributed by atoms with van der Waals surface area (Å²) in [6, 6.07) is 9.61. The van der Waals surface area contributed by atoms with Crippen molar-refractivity contribution in [3.8, 4) is 0 Å². The number of rotatable bonds is 7. The fourth-order valence-electron chi connectivity index (χ4n) is 4.00. The standard InChI is InChI=1S/C26H28FN5O/c1-4-25(17(2)16-33)32-15-24(20-11-21(27)14-28-12-20)31-26(18(32)3)29-10-9-19-13-30-23-8-6-5-7-22(19)23/h4-8,11-15,17,30,33H,3,9-10,16H2,1-2H3,(H,29,31)/b25-4-. The molecule has 0 radical (unpaired) electrons. The highest BCUT2D eigenvalue weighted by Gasteiger charge is 2.25. The second-order valence-corrected chi connectivity index (χ2v) is 8.01. The molecule has 2 aromatic heterocycles. The molecule has 0 amide bonds. The summed E-state index contributed by atoms with van der Waals surface area (Å²) in [5.41, 5.74) is 5.10. The first-order chi connectivity index (χ1) is 16.0. The Hall–Kier alpha value is -3.71. The van der Waals surface area contributed by atoms with E-state index in [9.17, 15) is 9.50 Å². The number of nitrogens with zero attached hydrogens (tertiary/aromatic N) is 3. The van der Waals surface area contributed by atoms with Gasteiger partial charge in [0.2, 0.25) is 0 Å². The van der Waals surface area contributed by atoms with Gasteiger partial charge in [-0.25, -0.2) is 4.39 Å². The summed E-state index contributed by atoms with van der Waals surface area (Å²) in [7, 11) is 0. The van der Waals surface area contributed by atoms with E-state index in [1.807, 2.05) is 49.4 Å². The summed E-state index contributed by atoms with van der Waals surface area (Å²) in [4.78, 5) is 14.0. The molecule has 0 saturated heterocycles. The van der Waals surface area contributed by atoms with Gasteiger partial charge in [-0.2, -0.15) is 0 Å². The Morgan fingerprint density at radius 3 is 2.91 bits per heavy atom. The van der Waals surface area contributed by atoms with Crippen molar-refractivity contribution in [3.63, 3.8) is 0 Å². The molecule has 1 atom stereocenters. The van der Waals surface area contributed by atoms with Crippen molar-refractivity contribution in [2.75, 3.05) is 13.2 Å². The average Bonchev–Trinajstić information content (AvgIpc) is 3.24. The molecule has 0 fully saturated rings. The number of amidine groups is 1. The highest BCUT2D eigenvalue weighted by molar-refractivity contribution is 6.04. The molecule has 3 heterocycles. The van der Waals surface area contributed by atoms with Crippen molar-refractivity contribution in [1.29, 1.82) is 0 Å². The normalized spacial score (nSPS) is 16.8. The molecule has 1 aromatic carbocycles. The molecular weight excluding hydrogens is 417 g/mol. The number of fused-ring (bicyclic) bond motifs is 1. The van der Waals surface area contributed by atoms with Gasteiger partial charge in [0, 0.05) is 53.2 Å². The van der Waals surface area contributed by atoms with Gasteiger partial charge >= 0.3 is 0 Å². The number of aliphatic hydroxyl groups excluding tert-OH is 1. The highest BCUT2D eigenvalue weighted by atomic mass is 19.1. The summed E-state index contributed by atoms with van der Waals surface area (Å²) < 4.78 is 13.9. The summed E-state index contributed by atoms with van der Waals surface area (Å²) in [5.74, 6) is 0.0699. The fourth-order valence-corrected chi connectivity index (χ4v) is 4.00. The highest BCUT2D eigenvalue weighted by Crippen LogP contribution is 2.28. The zero-order valence-corrected chi connectivity index (χ0v) is 18.8. The molecule has 1 unspecified atom stereocenters. The van der Waals surface area contributed by atoms with Crippen LogP contribution in [0.15, 0.2) is 84.2 Å². The number of nitrogens with one attached hydrogen (secondary N) is 2. The minimum Gasteiger partial charge on any atom is -0.396 e. The van der Waals surface area contributed by atoms with E-state index < -0.39 is 5.82 Å². The predicted octanol–water partition coefficient (Wildman–Crippen LogP) is 4.59. The first-order valence-corrected chi connectivity index (χ1v) is 11.0. The van der Waals surface area contributed by atoms with Crippen LogP contribution in [-0.2, 0) is 6.42 Å². The van der Waals surface area contributed by atoms with Crippen LogP contribution >= 0.6 is 0 Å². The molecule has 0 aliphatic carbocycles. The number of H-pyrrole nitrogens is 1. The molecule has 1 aliphatic rings. The maximum Gasteiger partial charge on any atom is 0.149 e. The number of para-hydroxylation sites is 1. The number of aliphatic hydroxyl groups is 1. The van der Waals surface area contributed by atoms with E-state index in [-0.39, 0.29) is 12.5 Å². The quantitative estimate of drug-likeness (QED) is 0.497. The van der Waals surface area contributed by atoms with Gasteiger partial charge in [0.15, 0.2) is 0 Å². The van der Waals surface area contributed by atoms with E-state index in [0.717, 1.165) is 17.6 Å². The number of aliphatic imine (C=N–C) groups is 1. The SMILES string of the molecule is C=C1C(=NCCc2c[nH]c3ccccc23)NC(c2cncc(F)c2)=CN1/C(=C\C)C(C)CO. The molecule has 0 spiro atoms. The number of pyridine rings is 1. The lowest BCUT2D eigenvalue weighted by Gasteiger charge is -2.34. The van der Waals surface area contributed by atoms with Gasteiger partial charge < -0.3 is 20.3 Å². The van der Waals surface area contributed by atoms with Crippen molar-refractivity contribution in [2.24, 2.45) is 10.9 Å². The monoisotopic (exact) mass is 445 g/mol. The number of benzene rings is 1. The third kappa shape index (κ3) is 4.73. The van der Waals surface area contributed by atoms with Crippen LogP contribution in [0, 0.1) is 11.7 Å². The maximum absolute atomic E-state index is 13.9. The second kappa shape index (κ2) is 9.83. The molecule has 4 rings (SSSR count). The molecule has 33 heavy (non-hydrogen) atoms. The van der Waals surface area contributed by atoms with Gasteiger partial charge in [-0.05, 0) is 31.0 Å². The average molecular weight is 446 g/mol. The Kier molecular flexibility index (Phi) is 6.70. The molecule has 1 aliphatic heterocycles. The minimum absolute atomic E-state index is 0.00534. The molecule has 0 bridgehead atoms. The van der Waals surface area contributed by atoms with Crippen molar-refractivity contribution >= 4 is 22.4 Å². The van der Waals surface area contributed by atoms with Crippen LogP contribution in [0.2, 0.25) is 0 Å². The van der Waals surface area contributed by atoms with E-state index >= 15 is 0 Å². The number of allylic oxidation sites excluding steroid dienone is 1.